The first-order valence-electron chi connectivity index (χ1n) is 7.45. The Morgan fingerprint density at radius 3 is 1.96 bits per heavy atom. The number of carbonyl (C=O) groups excluding carboxylic acids is 2. The summed E-state index contributed by atoms with van der Waals surface area (Å²) in [7, 11) is 0. The fourth-order valence-electron chi connectivity index (χ4n) is 2.41. The molecule has 23 heavy (non-hydrogen) atoms. The predicted molar refractivity (Wildman–Crippen MR) is 82.4 cm³/mol. The first kappa shape index (κ1) is 18.6. The number of nitro groups is 1. The smallest absolute Gasteiger partial charge is 0.321 e. The summed E-state index contributed by atoms with van der Waals surface area (Å²) in [6.07, 6.45) is 0. The van der Waals surface area contributed by atoms with Crippen LogP contribution in [0.3, 0.4) is 0 Å². The van der Waals surface area contributed by atoms with Crippen LogP contribution in [0.2, 0.25) is 0 Å². The van der Waals surface area contributed by atoms with Crippen molar-refractivity contribution in [1.29, 1.82) is 0 Å². The lowest BCUT2D eigenvalue weighted by Crippen LogP contribution is -2.40. The Kier molecular flexibility index (Phi) is 7.18. The van der Waals surface area contributed by atoms with Gasteiger partial charge in [0.25, 0.3) is 0 Å². The average molecular weight is 323 g/mol. The standard InChI is InChI=1S/C16H21NO6/c1-4-22-15(18)14(16(19)23-5-2)13(11(3)17(20)21)12-9-7-6-8-10-12/h6-11,13-14H,4-5H2,1-3H3/t11-,13+/m1/s1. The molecule has 126 valence electrons. The second-order valence-electron chi connectivity index (χ2n) is 4.94. The van der Waals surface area contributed by atoms with Gasteiger partial charge in [-0.3, -0.25) is 19.7 Å². The van der Waals surface area contributed by atoms with Crippen LogP contribution >= 0.6 is 0 Å². The van der Waals surface area contributed by atoms with Gasteiger partial charge in [0, 0.05) is 11.8 Å². The normalized spacial score (nSPS) is 13.2. The molecule has 0 aliphatic carbocycles. The van der Waals surface area contributed by atoms with Crippen molar-refractivity contribution in [3.05, 3.63) is 46.0 Å². The lowest BCUT2D eigenvalue weighted by atomic mass is 9.81. The van der Waals surface area contributed by atoms with Crippen LogP contribution in [0.4, 0.5) is 0 Å². The Labute approximate surface area is 134 Å². The molecule has 0 amide bonds. The number of rotatable bonds is 8. The summed E-state index contributed by atoms with van der Waals surface area (Å²) >= 11 is 0. The Hall–Kier alpha value is -2.44. The third-order valence-electron chi connectivity index (χ3n) is 3.48. The van der Waals surface area contributed by atoms with Gasteiger partial charge in [0.1, 0.15) is 0 Å². The minimum Gasteiger partial charge on any atom is -0.465 e. The van der Waals surface area contributed by atoms with Crippen molar-refractivity contribution in [2.45, 2.75) is 32.7 Å². The number of esters is 2. The molecule has 0 radical (unpaired) electrons. The second-order valence-corrected chi connectivity index (χ2v) is 4.94. The van der Waals surface area contributed by atoms with Crippen molar-refractivity contribution in [3.63, 3.8) is 0 Å². The average Bonchev–Trinajstić information content (AvgIpc) is 2.52. The molecule has 1 rings (SSSR count). The molecule has 0 aliphatic heterocycles. The molecule has 7 heteroatoms. The molecule has 0 heterocycles. The summed E-state index contributed by atoms with van der Waals surface area (Å²) < 4.78 is 9.88. The maximum Gasteiger partial charge on any atom is 0.321 e. The van der Waals surface area contributed by atoms with Crippen LogP contribution in [-0.4, -0.2) is 36.1 Å². The zero-order valence-electron chi connectivity index (χ0n) is 13.4. The Balaban J connectivity index is 3.33. The summed E-state index contributed by atoms with van der Waals surface area (Å²) in [5.41, 5.74) is 0.516. The predicted octanol–water partition coefficient (Wildman–Crippen LogP) is 2.18. The highest BCUT2D eigenvalue weighted by Crippen LogP contribution is 2.32. The van der Waals surface area contributed by atoms with Gasteiger partial charge in [-0.15, -0.1) is 0 Å². The molecule has 0 saturated heterocycles. The first-order chi connectivity index (χ1) is 10.9. The van der Waals surface area contributed by atoms with E-state index in [1.807, 2.05) is 0 Å². The van der Waals surface area contributed by atoms with Crippen LogP contribution in [0, 0.1) is 16.0 Å². The minimum atomic E-state index is -1.38. The summed E-state index contributed by atoms with van der Waals surface area (Å²) in [6.45, 7) is 4.72. The van der Waals surface area contributed by atoms with Gasteiger partial charge < -0.3 is 9.47 Å². The lowest BCUT2D eigenvalue weighted by Gasteiger charge is -2.25. The monoisotopic (exact) mass is 323 g/mol. The number of hydrogen-bond acceptors (Lipinski definition) is 6. The van der Waals surface area contributed by atoms with E-state index in [4.69, 9.17) is 9.47 Å². The number of carbonyl (C=O) groups is 2. The molecular weight excluding hydrogens is 302 g/mol. The van der Waals surface area contributed by atoms with Crippen molar-refractivity contribution in [3.8, 4) is 0 Å². The van der Waals surface area contributed by atoms with Crippen LogP contribution < -0.4 is 0 Å². The molecule has 0 spiro atoms. The summed E-state index contributed by atoms with van der Waals surface area (Å²) in [5, 5.41) is 11.3. The van der Waals surface area contributed by atoms with E-state index in [0.29, 0.717) is 5.56 Å². The minimum absolute atomic E-state index is 0.0725. The van der Waals surface area contributed by atoms with Crippen LogP contribution in [0.25, 0.3) is 0 Å². The third kappa shape index (κ3) is 4.77. The van der Waals surface area contributed by atoms with Crippen molar-refractivity contribution < 1.29 is 24.0 Å². The van der Waals surface area contributed by atoms with Crippen molar-refractivity contribution in [2.24, 2.45) is 5.92 Å². The molecule has 0 saturated carbocycles. The van der Waals surface area contributed by atoms with Crippen LogP contribution in [0.5, 0.6) is 0 Å². The van der Waals surface area contributed by atoms with Crippen LogP contribution in [-0.2, 0) is 19.1 Å². The molecule has 0 N–H and O–H groups in total. The van der Waals surface area contributed by atoms with Crippen molar-refractivity contribution in [2.75, 3.05) is 13.2 Å². The van der Waals surface area contributed by atoms with E-state index >= 15 is 0 Å². The number of hydrogen-bond donors (Lipinski definition) is 0. The number of benzene rings is 1. The fourth-order valence-corrected chi connectivity index (χ4v) is 2.41. The van der Waals surface area contributed by atoms with Gasteiger partial charge in [0.15, 0.2) is 5.92 Å². The molecular formula is C16H21NO6. The van der Waals surface area contributed by atoms with E-state index in [2.05, 4.69) is 0 Å². The molecule has 0 unspecified atom stereocenters. The summed E-state index contributed by atoms with van der Waals surface area (Å²) in [6, 6.07) is 7.29. The number of ether oxygens (including phenoxy) is 2. The maximum absolute atomic E-state index is 12.3. The van der Waals surface area contributed by atoms with E-state index in [1.165, 1.54) is 6.92 Å². The molecule has 7 nitrogen and oxygen atoms in total. The van der Waals surface area contributed by atoms with Gasteiger partial charge in [-0.2, -0.15) is 0 Å². The van der Waals surface area contributed by atoms with E-state index in [0.717, 1.165) is 0 Å². The first-order valence-corrected chi connectivity index (χ1v) is 7.45. The van der Waals surface area contributed by atoms with Crippen LogP contribution in [0.1, 0.15) is 32.3 Å². The summed E-state index contributed by atoms with van der Waals surface area (Å²) in [5.74, 6) is -3.97. The number of nitrogens with zero attached hydrogens (tertiary/aromatic N) is 1. The van der Waals surface area contributed by atoms with Gasteiger partial charge in [-0.05, 0) is 19.4 Å². The van der Waals surface area contributed by atoms with Gasteiger partial charge in [-0.25, -0.2) is 0 Å². The molecule has 0 fully saturated rings. The van der Waals surface area contributed by atoms with E-state index < -0.39 is 34.7 Å². The van der Waals surface area contributed by atoms with Gasteiger partial charge >= 0.3 is 11.9 Å². The summed E-state index contributed by atoms with van der Waals surface area (Å²) in [4.78, 5) is 35.3. The highest BCUT2D eigenvalue weighted by atomic mass is 16.6. The van der Waals surface area contributed by atoms with Crippen molar-refractivity contribution in [1.82, 2.24) is 0 Å². The SMILES string of the molecule is CCOC(=O)C(C(=O)OCC)[C@H](c1ccccc1)[C@@H](C)[N+](=O)[O-]. The molecule has 0 aromatic heterocycles. The van der Waals surface area contributed by atoms with Gasteiger partial charge in [0.05, 0.1) is 19.1 Å². The molecule has 1 aromatic carbocycles. The molecule has 0 bridgehead atoms. The largest absolute Gasteiger partial charge is 0.465 e. The maximum atomic E-state index is 12.3. The van der Waals surface area contributed by atoms with Gasteiger partial charge in [0.2, 0.25) is 6.04 Å². The fraction of sp³-hybridized carbons (Fsp3) is 0.500. The van der Waals surface area contributed by atoms with Gasteiger partial charge in [-0.1, -0.05) is 30.3 Å². The molecule has 0 aliphatic rings. The van der Waals surface area contributed by atoms with E-state index in [9.17, 15) is 19.7 Å². The Morgan fingerprint density at radius 1 is 1.09 bits per heavy atom. The zero-order chi connectivity index (χ0) is 17.4. The molecule has 1 aromatic rings. The highest BCUT2D eigenvalue weighted by Gasteiger charge is 2.45. The quantitative estimate of drug-likeness (QED) is 0.315. The third-order valence-corrected chi connectivity index (χ3v) is 3.48. The topological polar surface area (TPSA) is 95.7 Å². The van der Waals surface area contributed by atoms with E-state index in [-0.39, 0.29) is 13.2 Å². The van der Waals surface area contributed by atoms with E-state index in [1.54, 1.807) is 44.2 Å². The zero-order valence-corrected chi connectivity index (χ0v) is 13.4. The van der Waals surface area contributed by atoms with Crippen LogP contribution in [0.15, 0.2) is 30.3 Å². The molecule has 2 atom stereocenters. The Morgan fingerprint density at radius 2 is 1.57 bits per heavy atom. The van der Waals surface area contributed by atoms with Crippen molar-refractivity contribution >= 4 is 11.9 Å². The highest BCUT2D eigenvalue weighted by molar-refractivity contribution is 5.96. The Bertz CT molecular complexity index is 527. The second kappa shape index (κ2) is 8.87. The lowest BCUT2D eigenvalue weighted by molar-refractivity contribution is -0.523.